The highest BCUT2D eigenvalue weighted by Gasteiger charge is 1.90. The van der Waals surface area contributed by atoms with Crippen molar-refractivity contribution in [1.82, 2.24) is 0 Å². The highest BCUT2D eigenvalue weighted by atomic mass is 19.1. The van der Waals surface area contributed by atoms with Crippen LogP contribution in [0.2, 0.25) is 0 Å². The van der Waals surface area contributed by atoms with E-state index in [0.717, 1.165) is 0 Å². The Morgan fingerprint density at radius 3 is 2.64 bits per heavy atom. The fourth-order valence-electron chi connectivity index (χ4n) is 0.800. The zero-order chi connectivity index (χ0) is 10.2. The lowest BCUT2D eigenvalue weighted by Gasteiger charge is -1.97. The molecule has 0 amide bonds. The second kappa shape index (κ2) is 5.65. The molecule has 0 bridgehead atoms. The largest absolute Gasteiger partial charge is 0.260 e. The van der Waals surface area contributed by atoms with Crippen LogP contribution in [0.3, 0.4) is 0 Å². The van der Waals surface area contributed by atoms with Crippen LogP contribution >= 0.6 is 0 Å². The van der Waals surface area contributed by atoms with Gasteiger partial charge < -0.3 is 0 Å². The molecule has 0 spiro atoms. The quantitative estimate of drug-likeness (QED) is 0.587. The lowest BCUT2D eigenvalue weighted by Crippen LogP contribution is -1.88. The van der Waals surface area contributed by atoms with Crippen LogP contribution in [-0.2, 0) is 0 Å². The summed E-state index contributed by atoms with van der Waals surface area (Å²) in [6.07, 6.45) is 0. The summed E-state index contributed by atoms with van der Waals surface area (Å²) < 4.78 is 11.6. The third-order valence-electron chi connectivity index (χ3n) is 1.45. The molecule has 0 saturated heterocycles. The van der Waals surface area contributed by atoms with Gasteiger partial charge in [-0.2, -0.15) is 10.4 Å². The van der Waals surface area contributed by atoms with Gasteiger partial charge in [-0.15, -0.1) is 0 Å². The highest BCUT2D eigenvalue weighted by Crippen LogP contribution is 2.08. The number of hydrogen-bond donors (Lipinski definition) is 1. The number of benzene rings is 1. The van der Waals surface area contributed by atoms with E-state index in [1.165, 1.54) is 0 Å². The molecule has 1 N–H and O–H groups in total. The molecular weight excluding hydrogens is 183 g/mol. The average molecular weight is 192 g/mol. The lowest BCUT2D eigenvalue weighted by atomic mass is 10.2. The van der Waals surface area contributed by atoms with Crippen molar-refractivity contribution in [3.8, 4) is 6.07 Å². The molecule has 0 radical (unpaired) electrons. The van der Waals surface area contributed by atoms with E-state index in [2.05, 4.69) is 15.8 Å². The van der Waals surface area contributed by atoms with E-state index in [4.69, 9.17) is 5.26 Å². The second-order valence-corrected chi connectivity index (χ2v) is 2.45. The Balaban J connectivity index is 2.48. The SMILES string of the molecule is N#Cc1ccc(NN=NCCF)cc1. The van der Waals surface area contributed by atoms with Crippen molar-refractivity contribution in [1.29, 1.82) is 5.26 Å². The van der Waals surface area contributed by atoms with Crippen molar-refractivity contribution < 1.29 is 4.39 Å². The Labute approximate surface area is 81.1 Å². The Morgan fingerprint density at radius 2 is 2.07 bits per heavy atom. The maximum Gasteiger partial charge on any atom is 0.111 e. The third kappa shape index (κ3) is 3.19. The van der Waals surface area contributed by atoms with Crippen LogP contribution in [0.15, 0.2) is 34.6 Å². The zero-order valence-electron chi connectivity index (χ0n) is 7.44. The number of alkyl halides is 1. The van der Waals surface area contributed by atoms with E-state index in [1.54, 1.807) is 24.3 Å². The van der Waals surface area contributed by atoms with Gasteiger partial charge in [0.2, 0.25) is 0 Å². The third-order valence-corrected chi connectivity index (χ3v) is 1.45. The van der Waals surface area contributed by atoms with Gasteiger partial charge in [-0.05, 0) is 24.3 Å². The van der Waals surface area contributed by atoms with E-state index in [0.29, 0.717) is 11.3 Å². The maximum absolute atomic E-state index is 11.6. The van der Waals surface area contributed by atoms with Gasteiger partial charge >= 0.3 is 0 Å². The van der Waals surface area contributed by atoms with Crippen molar-refractivity contribution in [3.05, 3.63) is 29.8 Å². The Bertz CT molecular complexity index is 339. The van der Waals surface area contributed by atoms with Crippen LogP contribution in [-0.4, -0.2) is 13.2 Å². The number of halogens is 1. The monoisotopic (exact) mass is 192 g/mol. The molecule has 0 heterocycles. The van der Waals surface area contributed by atoms with Crippen molar-refractivity contribution in [2.24, 2.45) is 10.3 Å². The van der Waals surface area contributed by atoms with E-state index >= 15 is 0 Å². The van der Waals surface area contributed by atoms with Gasteiger partial charge in [0.1, 0.15) is 6.67 Å². The highest BCUT2D eigenvalue weighted by molar-refractivity contribution is 5.46. The van der Waals surface area contributed by atoms with Crippen LogP contribution in [0.1, 0.15) is 5.56 Å². The van der Waals surface area contributed by atoms with Crippen molar-refractivity contribution >= 4 is 5.69 Å². The van der Waals surface area contributed by atoms with Crippen LogP contribution in [0.4, 0.5) is 10.1 Å². The van der Waals surface area contributed by atoms with Crippen LogP contribution in [0.5, 0.6) is 0 Å². The summed E-state index contributed by atoms with van der Waals surface area (Å²) in [6.45, 7) is -0.457. The molecular formula is C9H9FN4. The van der Waals surface area contributed by atoms with Gasteiger partial charge in [0.25, 0.3) is 0 Å². The molecule has 0 aliphatic heterocycles. The summed E-state index contributed by atoms with van der Waals surface area (Å²) in [5.74, 6) is 0. The molecule has 4 nitrogen and oxygen atoms in total. The molecule has 0 aliphatic rings. The first-order valence-corrected chi connectivity index (χ1v) is 4.05. The van der Waals surface area contributed by atoms with Crippen molar-refractivity contribution in [2.45, 2.75) is 0 Å². The molecule has 72 valence electrons. The van der Waals surface area contributed by atoms with Crippen LogP contribution < -0.4 is 5.43 Å². The maximum atomic E-state index is 11.6. The first-order chi connectivity index (χ1) is 6.86. The predicted molar refractivity (Wildman–Crippen MR) is 50.5 cm³/mol. The Morgan fingerprint density at radius 1 is 1.36 bits per heavy atom. The van der Waals surface area contributed by atoms with Crippen molar-refractivity contribution in [3.63, 3.8) is 0 Å². The second-order valence-electron chi connectivity index (χ2n) is 2.45. The fraction of sp³-hybridized carbons (Fsp3) is 0.222. The van der Waals surface area contributed by atoms with E-state index in [1.807, 2.05) is 6.07 Å². The molecule has 14 heavy (non-hydrogen) atoms. The number of anilines is 1. The summed E-state index contributed by atoms with van der Waals surface area (Å²) in [6, 6.07) is 8.72. The van der Waals surface area contributed by atoms with Crippen LogP contribution in [0.25, 0.3) is 0 Å². The Kier molecular flexibility index (Phi) is 4.08. The molecule has 0 aromatic heterocycles. The number of nitrogens with one attached hydrogen (secondary N) is 1. The van der Waals surface area contributed by atoms with Gasteiger partial charge in [-0.3, -0.25) is 5.43 Å². The summed E-state index contributed by atoms with van der Waals surface area (Å²) in [4.78, 5) is 0. The molecule has 0 aliphatic carbocycles. The molecule has 5 heteroatoms. The van der Waals surface area contributed by atoms with Gasteiger partial charge in [0.15, 0.2) is 0 Å². The summed E-state index contributed by atoms with van der Waals surface area (Å²) in [5, 5.41) is 15.6. The molecule has 1 rings (SSSR count). The number of nitriles is 1. The standard InChI is InChI=1S/C9H9FN4/c10-5-6-12-14-13-9-3-1-8(7-11)2-4-9/h1-4H,5-6H2,(H,12,13). The molecule has 0 atom stereocenters. The van der Waals surface area contributed by atoms with Gasteiger partial charge in [0.05, 0.1) is 23.9 Å². The molecule has 0 saturated carbocycles. The summed E-state index contributed by atoms with van der Waals surface area (Å²) in [5.41, 5.74) is 3.91. The molecule has 1 aromatic carbocycles. The first kappa shape index (κ1) is 10.1. The Hall–Kier alpha value is -1.96. The van der Waals surface area contributed by atoms with E-state index < -0.39 is 6.67 Å². The number of nitrogens with zero attached hydrogens (tertiary/aromatic N) is 3. The van der Waals surface area contributed by atoms with Crippen molar-refractivity contribution in [2.75, 3.05) is 18.6 Å². The van der Waals surface area contributed by atoms with Gasteiger partial charge in [0, 0.05) is 0 Å². The van der Waals surface area contributed by atoms with E-state index in [-0.39, 0.29) is 6.54 Å². The lowest BCUT2D eigenvalue weighted by molar-refractivity contribution is 0.499. The van der Waals surface area contributed by atoms with Gasteiger partial charge in [-0.25, -0.2) is 4.39 Å². The molecule has 0 unspecified atom stereocenters. The molecule has 0 fully saturated rings. The van der Waals surface area contributed by atoms with Crippen LogP contribution in [0, 0.1) is 11.3 Å². The predicted octanol–water partition coefficient (Wildman–Crippen LogP) is 2.31. The summed E-state index contributed by atoms with van der Waals surface area (Å²) in [7, 11) is 0. The topological polar surface area (TPSA) is 60.5 Å². The normalized spacial score (nSPS) is 10.0. The minimum atomic E-state index is -0.515. The van der Waals surface area contributed by atoms with Gasteiger partial charge in [-0.1, -0.05) is 5.22 Å². The zero-order valence-corrected chi connectivity index (χ0v) is 7.44. The fourth-order valence-corrected chi connectivity index (χ4v) is 0.800. The first-order valence-electron chi connectivity index (χ1n) is 4.05. The average Bonchev–Trinajstić information content (AvgIpc) is 2.25. The smallest absolute Gasteiger partial charge is 0.111 e. The summed E-state index contributed by atoms with van der Waals surface area (Å²) >= 11 is 0. The number of rotatable bonds is 4. The minimum absolute atomic E-state index is 0.0588. The number of hydrogen-bond acceptors (Lipinski definition) is 3. The van der Waals surface area contributed by atoms with E-state index in [9.17, 15) is 4.39 Å². The minimum Gasteiger partial charge on any atom is -0.260 e. The molecule has 1 aromatic rings.